The number of hydrogen-bond acceptors (Lipinski definition) is 5. The predicted molar refractivity (Wildman–Crippen MR) is 106 cm³/mol. The Kier molecular flexibility index (Phi) is 6.54. The summed E-state index contributed by atoms with van der Waals surface area (Å²) in [6.07, 6.45) is -4.67. The molecule has 3 N–H and O–H groups in total. The Morgan fingerprint density at radius 3 is 2.21 bits per heavy atom. The Bertz CT molecular complexity index is 1010. The van der Waals surface area contributed by atoms with Gasteiger partial charge in [0.1, 0.15) is 27.1 Å². The van der Waals surface area contributed by atoms with Gasteiger partial charge >= 0.3 is 6.18 Å². The third kappa shape index (κ3) is 4.22. The van der Waals surface area contributed by atoms with Crippen molar-refractivity contribution in [2.45, 2.75) is 24.9 Å². The van der Waals surface area contributed by atoms with E-state index in [4.69, 9.17) is 41.2 Å². The van der Waals surface area contributed by atoms with Gasteiger partial charge in [-0.15, -0.1) is 0 Å². The molecule has 2 rings (SSSR count). The maximum absolute atomic E-state index is 13.0. The highest BCUT2D eigenvalue weighted by atomic mass is 35.5. The number of halogens is 5. The van der Waals surface area contributed by atoms with E-state index in [0.717, 1.165) is 4.68 Å². The van der Waals surface area contributed by atoms with Gasteiger partial charge < -0.3 is 11.1 Å². The molecule has 0 amide bonds. The van der Waals surface area contributed by atoms with Crippen LogP contribution < -0.4 is 11.1 Å². The molecule has 13 heteroatoms. The van der Waals surface area contributed by atoms with E-state index in [2.05, 4.69) is 10.4 Å². The number of nitrogens with one attached hydrogen (secondary N) is 1. The van der Waals surface area contributed by atoms with Crippen molar-refractivity contribution in [3.05, 3.63) is 33.4 Å². The number of rotatable bonds is 6. The van der Waals surface area contributed by atoms with E-state index in [1.54, 1.807) is 6.92 Å². The van der Waals surface area contributed by atoms with Gasteiger partial charge in [0.15, 0.2) is 9.84 Å². The SMILES string of the molecule is CCNc1c(S(=O)(=O)CC)c(C(N)=S)nn1-c1c(Cl)cc(C(F)(F)F)cc1Cl. The molecular weight excluding hydrogens is 460 g/mol. The quantitative estimate of drug-likeness (QED) is 0.613. The normalized spacial score (nSPS) is 12.2. The van der Waals surface area contributed by atoms with Gasteiger partial charge in [0.2, 0.25) is 0 Å². The fourth-order valence-corrected chi connectivity index (χ4v) is 4.46. The van der Waals surface area contributed by atoms with Crippen LogP contribution in [0.25, 0.3) is 5.69 Å². The molecule has 0 atom stereocenters. The van der Waals surface area contributed by atoms with Crippen LogP contribution >= 0.6 is 35.4 Å². The predicted octanol–water partition coefficient (Wildman–Crippen LogP) is 4.06. The number of anilines is 1. The summed E-state index contributed by atoms with van der Waals surface area (Å²) >= 11 is 17.0. The molecule has 0 aliphatic heterocycles. The van der Waals surface area contributed by atoms with Crippen molar-refractivity contribution in [3.63, 3.8) is 0 Å². The Hall–Kier alpha value is -1.56. The van der Waals surface area contributed by atoms with Crippen LogP contribution in [0.3, 0.4) is 0 Å². The van der Waals surface area contributed by atoms with Crippen molar-refractivity contribution in [3.8, 4) is 5.69 Å². The molecule has 0 radical (unpaired) electrons. The molecule has 0 aliphatic carbocycles. The third-order valence-corrected chi connectivity index (χ3v) is 6.21. The average Bonchev–Trinajstić information content (AvgIpc) is 2.94. The Labute approximate surface area is 174 Å². The largest absolute Gasteiger partial charge is 0.416 e. The highest BCUT2D eigenvalue weighted by molar-refractivity contribution is 7.91. The Morgan fingerprint density at radius 2 is 1.82 bits per heavy atom. The second-order valence-corrected chi connectivity index (χ2v) is 8.99. The number of nitrogens with two attached hydrogens (primary N) is 1. The first-order valence-corrected chi connectivity index (χ1v) is 10.6. The van der Waals surface area contributed by atoms with Crippen molar-refractivity contribution in [1.82, 2.24) is 9.78 Å². The third-order valence-electron chi connectivity index (χ3n) is 3.67. The number of nitrogens with zero attached hydrogens (tertiary/aromatic N) is 2. The minimum atomic E-state index is -4.67. The first-order chi connectivity index (χ1) is 12.8. The van der Waals surface area contributed by atoms with E-state index >= 15 is 0 Å². The number of aromatic nitrogens is 2. The summed E-state index contributed by atoms with van der Waals surface area (Å²) in [5, 5.41) is 6.15. The lowest BCUT2D eigenvalue weighted by molar-refractivity contribution is -0.137. The van der Waals surface area contributed by atoms with Gasteiger partial charge in [0.25, 0.3) is 0 Å². The summed E-state index contributed by atoms with van der Waals surface area (Å²) in [4.78, 5) is -0.569. The summed E-state index contributed by atoms with van der Waals surface area (Å²) in [5.41, 5.74) is 4.23. The van der Waals surface area contributed by atoms with Gasteiger partial charge in [-0.25, -0.2) is 13.1 Å². The minimum absolute atomic E-state index is 0.0456. The van der Waals surface area contributed by atoms with Gasteiger partial charge in [-0.05, 0) is 19.1 Å². The Balaban J connectivity index is 2.91. The van der Waals surface area contributed by atoms with E-state index in [-0.39, 0.29) is 49.4 Å². The summed E-state index contributed by atoms with van der Waals surface area (Å²) in [5.74, 6) is -0.322. The van der Waals surface area contributed by atoms with Gasteiger partial charge in [-0.2, -0.15) is 18.3 Å². The lowest BCUT2D eigenvalue weighted by Gasteiger charge is -2.15. The van der Waals surface area contributed by atoms with Crippen molar-refractivity contribution in [1.29, 1.82) is 0 Å². The molecule has 0 saturated carbocycles. The molecule has 28 heavy (non-hydrogen) atoms. The smallest absolute Gasteiger partial charge is 0.388 e. The van der Waals surface area contributed by atoms with E-state index in [9.17, 15) is 21.6 Å². The molecule has 0 unspecified atom stereocenters. The molecule has 154 valence electrons. The van der Waals surface area contributed by atoms with Crippen LogP contribution in [0.2, 0.25) is 10.0 Å². The maximum Gasteiger partial charge on any atom is 0.416 e. The van der Waals surface area contributed by atoms with Crippen molar-refractivity contribution in [2.24, 2.45) is 5.73 Å². The Morgan fingerprint density at radius 1 is 1.29 bits per heavy atom. The molecule has 0 spiro atoms. The molecule has 1 heterocycles. The molecule has 0 saturated heterocycles. The van der Waals surface area contributed by atoms with E-state index in [1.807, 2.05) is 0 Å². The van der Waals surface area contributed by atoms with Crippen molar-refractivity contribution in [2.75, 3.05) is 17.6 Å². The number of hydrogen-bond donors (Lipinski definition) is 2. The van der Waals surface area contributed by atoms with E-state index in [1.165, 1.54) is 6.92 Å². The number of benzene rings is 1. The second kappa shape index (κ2) is 8.05. The topological polar surface area (TPSA) is 90.0 Å². The molecular formula is C15H15Cl2F3N4O2S2. The monoisotopic (exact) mass is 474 g/mol. The fourth-order valence-electron chi connectivity index (χ4n) is 2.42. The second-order valence-electron chi connectivity index (χ2n) is 5.52. The minimum Gasteiger partial charge on any atom is -0.388 e. The highest BCUT2D eigenvalue weighted by Gasteiger charge is 2.34. The van der Waals surface area contributed by atoms with Gasteiger partial charge in [0, 0.05) is 6.54 Å². The summed E-state index contributed by atoms with van der Waals surface area (Å²) in [7, 11) is -3.85. The number of sulfone groups is 1. The number of alkyl halides is 3. The van der Waals surface area contributed by atoms with Gasteiger partial charge in [0.05, 0.1) is 21.4 Å². The fraction of sp³-hybridized carbons (Fsp3) is 0.333. The van der Waals surface area contributed by atoms with Gasteiger partial charge in [-0.3, -0.25) is 0 Å². The van der Waals surface area contributed by atoms with Crippen LogP contribution in [-0.4, -0.2) is 35.5 Å². The molecule has 0 fully saturated rings. The van der Waals surface area contributed by atoms with E-state index < -0.39 is 21.6 Å². The zero-order valence-corrected chi connectivity index (χ0v) is 17.7. The highest BCUT2D eigenvalue weighted by Crippen LogP contribution is 2.40. The summed E-state index contributed by atoms with van der Waals surface area (Å²) < 4.78 is 65.2. The first-order valence-electron chi connectivity index (χ1n) is 7.81. The van der Waals surface area contributed by atoms with Crippen LogP contribution in [0.5, 0.6) is 0 Å². The maximum atomic E-state index is 13.0. The summed E-state index contributed by atoms with van der Waals surface area (Å²) in [6, 6.07) is 1.35. The van der Waals surface area contributed by atoms with Crippen LogP contribution in [0, 0.1) is 0 Å². The van der Waals surface area contributed by atoms with Gasteiger partial charge in [-0.1, -0.05) is 42.3 Å². The van der Waals surface area contributed by atoms with Crippen molar-refractivity contribution < 1.29 is 21.6 Å². The lowest BCUT2D eigenvalue weighted by atomic mass is 10.2. The molecule has 0 aliphatic rings. The lowest BCUT2D eigenvalue weighted by Crippen LogP contribution is -2.16. The molecule has 6 nitrogen and oxygen atoms in total. The van der Waals surface area contributed by atoms with Crippen LogP contribution in [-0.2, 0) is 16.0 Å². The number of thiocarbonyl (C=S) groups is 1. The molecule has 1 aromatic heterocycles. The average molecular weight is 475 g/mol. The van der Waals surface area contributed by atoms with Crippen LogP contribution in [0.1, 0.15) is 25.1 Å². The molecule has 2 aromatic rings. The van der Waals surface area contributed by atoms with Crippen LogP contribution in [0.4, 0.5) is 19.0 Å². The zero-order chi connectivity index (χ0) is 21.4. The summed E-state index contributed by atoms with van der Waals surface area (Å²) in [6.45, 7) is 3.38. The first kappa shape index (κ1) is 22.7. The van der Waals surface area contributed by atoms with Crippen molar-refractivity contribution >= 4 is 56.1 Å². The van der Waals surface area contributed by atoms with Crippen LogP contribution in [0.15, 0.2) is 17.0 Å². The molecule has 1 aromatic carbocycles. The zero-order valence-electron chi connectivity index (χ0n) is 14.6. The standard InChI is InChI=1S/C15H15Cl2F3N4O2S2/c1-3-22-14-12(28(25,26)4-2)10(13(21)27)23-24(14)11-8(16)5-7(6-9(11)17)15(18,19)20/h5-6,22H,3-4H2,1-2H3,(H2,21,27). The molecule has 0 bridgehead atoms. The van der Waals surface area contributed by atoms with E-state index in [0.29, 0.717) is 12.1 Å².